The van der Waals surface area contributed by atoms with Crippen LogP contribution in [0.2, 0.25) is 0 Å². The summed E-state index contributed by atoms with van der Waals surface area (Å²) >= 11 is 0. The van der Waals surface area contributed by atoms with E-state index in [1.807, 2.05) is 19.9 Å². The Labute approximate surface area is 110 Å². The normalized spacial score (nSPS) is 12.3. The van der Waals surface area contributed by atoms with Crippen LogP contribution in [0.5, 0.6) is 0 Å². The zero-order valence-electron chi connectivity index (χ0n) is 10.8. The molecule has 6 heteroatoms. The second-order valence-corrected chi connectivity index (χ2v) is 4.59. The van der Waals surface area contributed by atoms with Gasteiger partial charge in [0.2, 0.25) is 11.8 Å². The van der Waals surface area contributed by atoms with Gasteiger partial charge in [-0.25, -0.2) is 0 Å². The number of rotatable bonds is 5. The Kier molecular flexibility index (Phi) is 3.89. The van der Waals surface area contributed by atoms with Gasteiger partial charge in [0.15, 0.2) is 0 Å². The fraction of sp³-hybridized carbons (Fsp3) is 0.385. The van der Waals surface area contributed by atoms with Gasteiger partial charge >= 0.3 is 5.97 Å². The number of carbonyl (C=O) groups is 1. The lowest BCUT2D eigenvalue weighted by Gasteiger charge is -2.03. The first kappa shape index (κ1) is 13.2. The molecule has 0 amide bonds. The van der Waals surface area contributed by atoms with Gasteiger partial charge in [-0.1, -0.05) is 6.92 Å². The van der Waals surface area contributed by atoms with E-state index in [1.54, 1.807) is 12.3 Å². The Morgan fingerprint density at radius 3 is 2.95 bits per heavy atom. The molecule has 6 nitrogen and oxygen atoms in total. The molecule has 0 aliphatic carbocycles. The lowest BCUT2D eigenvalue weighted by molar-refractivity contribution is -0.137. The van der Waals surface area contributed by atoms with Crippen molar-refractivity contribution >= 4 is 5.97 Å². The van der Waals surface area contributed by atoms with Crippen molar-refractivity contribution in [3.8, 4) is 11.5 Å². The SMILES string of the molecule is Cc1cc(-c2nnc(CC(C)CC(=O)O)o2)ccn1. The molecule has 0 aromatic carbocycles. The predicted molar refractivity (Wildman–Crippen MR) is 67.4 cm³/mol. The van der Waals surface area contributed by atoms with Gasteiger partial charge < -0.3 is 9.52 Å². The van der Waals surface area contributed by atoms with E-state index in [0.29, 0.717) is 18.2 Å². The van der Waals surface area contributed by atoms with Crippen molar-refractivity contribution < 1.29 is 14.3 Å². The van der Waals surface area contributed by atoms with Crippen LogP contribution in [-0.4, -0.2) is 26.3 Å². The lowest BCUT2D eigenvalue weighted by Crippen LogP contribution is -2.07. The summed E-state index contributed by atoms with van der Waals surface area (Å²) < 4.78 is 5.53. The predicted octanol–water partition coefficient (Wildman–Crippen LogP) is 2.09. The van der Waals surface area contributed by atoms with Crippen LogP contribution in [0.4, 0.5) is 0 Å². The molecule has 0 saturated heterocycles. The molecule has 0 saturated carbocycles. The number of carboxylic acid groups (broad SMARTS) is 1. The molecule has 2 heterocycles. The Hall–Kier alpha value is -2.24. The summed E-state index contributed by atoms with van der Waals surface area (Å²) in [5.74, 6) is 0.0308. The van der Waals surface area contributed by atoms with Crippen molar-refractivity contribution in [3.63, 3.8) is 0 Å². The summed E-state index contributed by atoms with van der Waals surface area (Å²) in [6.45, 7) is 3.73. The summed E-state index contributed by atoms with van der Waals surface area (Å²) in [4.78, 5) is 14.7. The Morgan fingerprint density at radius 2 is 2.26 bits per heavy atom. The Morgan fingerprint density at radius 1 is 1.47 bits per heavy atom. The zero-order valence-corrected chi connectivity index (χ0v) is 10.8. The van der Waals surface area contributed by atoms with Crippen molar-refractivity contribution in [2.45, 2.75) is 26.7 Å². The van der Waals surface area contributed by atoms with E-state index in [2.05, 4.69) is 15.2 Å². The first-order chi connectivity index (χ1) is 9.04. The summed E-state index contributed by atoms with van der Waals surface area (Å²) in [6.07, 6.45) is 2.23. The van der Waals surface area contributed by atoms with Crippen LogP contribution in [-0.2, 0) is 11.2 Å². The van der Waals surface area contributed by atoms with Gasteiger partial charge in [0.25, 0.3) is 0 Å². The van der Waals surface area contributed by atoms with E-state index in [4.69, 9.17) is 9.52 Å². The van der Waals surface area contributed by atoms with Crippen LogP contribution >= 0.6 is 0 Å². The van der Waals surface area contributed by atoms with Gasteiger partial charge in [-0.15, -0.1) is 10.2 Å². The maximum absolute atomic E-state index is 10.6. The molecule has 2 rings (SSSR count). The Balaban J connectivity index is 2.09. The lowest BCUT2D eigenvalue weighted by atomic mass is 10.0. The van der Waals surface area contributed by atoms with E-state index in [9.17, 15) is 4.79 Å². The van der Waals surface area contributed by atoms with Crippen molar-refractivity contribution in [2.75, 3.05) is 0 Å². The standard InChI is InChI=1S/C13H15N3O3/c1-8(6-12(17)18)5-11-15-16-13(19-11)10-3-4-14-9(2)7-10/h3-4,7-8H,5-6H2,1-2H3,(H,17,18). The summed E-state index contributed by atoms with van der Waals surface area (Å²) in [5.41, 5.74) is 1.69. The molecule has 100 valence electrons. The minimum atomic E-state index is -0.822. The molecule has 0 spiro atoms. The smallest absolute Gasteiger partial charge is 0.303 e. The van der Waals surface area contributed by atoms with Crippen LogP contribution in [0, 0.1) is 12.8 Å². The van der Waals surface area contributed by atoms with Crippen molar-refractivity contribution in [1.82, 2.24) is 15.2 Å². The van der Waals surface area contributed by atoms with Gasteiger partial charge in [-0.3, -0.25) is 9.78 Å². The molecule has 2 aromatic heterocycles. The van der Waals surface area contributed by atoms with Crippen molar-refractivity contribution in [3.05, 3.63) is 29.9 Å². The molecule has 0 fully saturated rings. The summed E-state index contributed by atoms with van der Waals surface area (Å²) in [7, 11) is 0. The van der Waals surface area contributed by atoms with Crippen LogP contribution in [0.1, 0.15) is 24.9 Å². The number of aliphatic carboxylic acids is 1. The topological polar surface area (TPSA) is 89.1 Å². The molecule has 0 aliphatic rings. The third kappa shape index (κ3) is 3.61. The van der Waals surface area contributed by atoms with E-state index in [-0.39, 0.29) is 12.3 Å². The molecule has 1 N–H and O–H groups in total. The first-order valence-corrected chi connectivity index (χ1v) is 6.02. The average Bonchev–Trinajstić information content (AvgIpc) is 2.76. The number of hydrogen-bond acceptors (Lipinski definition) is 5. The van der Waals surface area contributed by atoms with E-state index in [1.165, 1.54) is 0 Å². The minimum absolute atomic E-state index is 0.0371. The summed E-state index contributed by atoms with van der Waals surface area (Å²) in [6, 6.07) is 3.66. The van der Waals surface area contributed by atoms with E-state index in [0.717, 1.165) is 11.3 Å². The highest BCUT2D eigenvalue weighted by atomic mass is 16.4. The molecule has 0 aliphatic heterocycles. The van der Waals surface area contributed by atoms with Crippen LogP contribution < -0.4 is 0 Å². The minimum Gasteiger partial charge on any atom is -0.481 e. The molecular weight excluding hydrogens is 246 g/mol. The fourth-order valence-electron chi connectivity index (χ4n) is 1.80. The number of aromatic nitrogens is 3. The maximum Gasteiger partial charge on any atom is 0.303 e. The number of carboxylic acids is 1. The summed E-state index contributed by atoms with van der Waals surface area (Å²) in [5, 5.41) is 16.6. The molecule has 1 atom stereocenters. The maximum atomic E-state index is 10.6. The number of hydrogen-bond donors (Lipinski definition) is 1. The van der Waals surface area contributed by atoms with Crippen molar-refractivity contribution in [2.24, 2.45) is 5.92 Å². The van der Waals surface area contributed by atoms with Gasteiger partial charge in [0.05, 0.1) is 0 Å². The second kappa shape index (κ2) is 5.60. The zero-order chi connectivity index (χ0) is 13.8. The van der Waals surface area contributed by atoms with Crippen molar-refractivity contribution in [1.29, 1.82) is 0 Å². The molecule has 1 unspecified atom stereocenters. The van der Waals surface area contributed by atoms with E-state index >= 15 is 0 Å². The second-order valence-electron chi connectivity index (χ2n) is 4.59. The number of aryl methyl sites for hydroxylation is 1. The first-order valence-electron chi connectivity index (χ1n) is 6.02. The van der Waals surface area contributed by atoms with Crippen LogP contribution in [0.25, 0.3) is 11.5 Å². The number of pyridine rings is 1. The highest BCUT2D eigenvalue weighted by Gasteiger charge is 2.14. The largest absolute Gasteiger partial charge is 0.481 e. The van der Waals surface area contributed by atoms with Gasteiger partial charge in [-0.2, -0.15) is 0 Å². The molecule has 0 radical (unpaired) electrons. The monoisotopic (exact) mass is 261 g/mol. The molecule has 2 aromatic rings. The number of nitrogens with zero attached hydrogens (tertiary/aromatic N) is 3. The highest BCUT2D eigenvalue weighted by molar-refractivity contribution is 5.66. The highest BCUT2D eigenvalue weighted by Crippen LogP contribution is 2.19. The van der Waals surface area contributed by atoms with Gasteiger partial charge in [-0.05, 0) is 25.0 Å². The fourth-order valence-corrected chi connectivity index (χ4v) is 1.80. The average molecular weight is 261 g/mol. The van der Waals surface area contributed by atoms with Crippen LogP contribution in [0.15, 0.2) is 22.7 Å². The molecule has 19 heavy (non-hydrogen) atoms. The molecule has 0 bridgehead atoms. The third-order valence-electron chi connectivity index (χ3n) is 2.66. The van der Waals surface area contributed by atoms with Gasteiger partial charge in [0.1, 0.15) is 0 Å². The van der Waals surface area contributed by atoms with Gasteiger partial charge in [0, 0.05) is 30.3 Å². The van der Waals surface area contributed by atoms with Crippen LogP contribution in [0.3, 0.4) is 0 Å². The Bertz CT molecular complexity index is 580. The quantitative estimate of drug-likeness (QED) is 0.886. The third-order valence-corrected chi connectivity index (χ3v) is 2.66. The van der Waals surface area contributed by atoms with E-state index < -0.39 is 5.97 Å². The molecular formula is C13H15N3O3.